The molecule has 0 aromatic heterocycles. The lowest BCUT2D eigenvalue weighted by Crippen LogP contribution is -2.34. The van der Waals surface area contributed by atoms with Gasteiger partial charge in [-0.25, -0.2) is 0 Å². The fourth-order valence-corrected chi connectivity index (χ4v) is 2.34. The van der Waals surface area contributed by atoms with Crippen LogP contribution >= 0.6 is 15.9 Å². The fraction of sp³-hybridized carbons (Fsp3) is 0.533. The number of carbonyl (C=O) groups is 1. The highest BCUT2D eigenvalue weighted by Crippen LogP contribution is 2.26. The highest BCUT2D eigenvalue weighted by atomic mass is 79.9. The van der Waals surface area contributed by atoms with E-state index in [4.69, 9.17) is 10.5 Å². The molecule has 0 aliphatic rings. The first-order valence-corrected chi connectivity index (χ1v) is 7.50. The van der Waals surface area contributed by atoms with Crippen LogP contribution in [0.5, 0.6) is 5.75 Å². The van der Waals surface area contributed by atoms with Gasteiger partial charge in [-0.3, -0.25) is 4.79 Å². The van der Waals surface area contributed by atoms with Crippen LogP contribution in [0.4, 0.5) is 0 Å². The summed E-state index contributed by atoms with van der Waals surface area (Å²) in [6.45, 7) is 4.84. The molecule has 1 aromatic carbocycles. The Morgan fingerprint density at radius 3 is 2.60 bits per heavy atom. The van der Waals surface area contributed by atoms with E-state index in [2.05, 4.69) is 29.8 Å². The van der Waals surface area contributed by atoms with E-state index in [1.54, 1.807) is 37.3 Å². The average Bonchev–Trinajstić information content (AvgIpc) is 2.43. The number of carbonyl (C=O) groups excluding carboxylic acids is 1. The van der Waals surface area contributed by atoms with Gasteiger partial charge >= 0.3 is 0 Å². The Bertz CT molecular complexity index is 463. The molecule has 20 heavy (non-hydrogen) atoms. The molecule has 1 unspecified atom stereocenters. The molecule has 5 heteroatoms. The Kier molecular flexibility index (Phi) is 6.49. The molecule has 2 N–H and O–H groups in total. The number of nitrogens with two attached hydrogens (primary N) is 1. The van der Waals surface area contributed by atoms with Crippen molar-refractivity contribution < 1.29 is 9.53 Å². The lowest BCUT2D eigenvalue weighted by molar-refractivity contribution is 0.0789. The van der Waals surface area contributed by atoms with Gasteiger partial charge < -0.3 is 15.4 Å². The smallest absolute Gasteiger partial charge is 0.253 e. The van der Waals surface area contributed by atoms with E-state index in [1.165, 1.54) is 0 Å². The molecule has 0 aliphatic carbocycles. The van der Waals surface area contributed by atoms with Crippen molar-refractivity contribution in [2.75, 3.05) is 20.7 Å². The van der Waals surface area contributed by atoms with Crippen LogP contribution in [-0.2, 0) is 0 Å². The van der Waals surface area contributed by atoms with Crippen molar-refractivity contribution in [2.45, 2.75) is 26.3 Å². The summed E-state index contributed by atoms with van der Waals surface area (Å²) < 4.78 is 5.93. The van der Waals surface area contributed by atoms with Crippen molar-refractivity contribution in [1.82, 2.24) is 4.90 Å². The number of hydrogen-bond acceptors (Lipinski definition) is 3. The summed E-state index contributed by atoms with van der Waals surface area (Å²) in [5, 5.41) is 0. The Hall–Kier alpha value is -1.07. The standard InChI is InChI=1S/C15H23BrN2O2/c1-10(2)13(17)7-8-18(3)15(19)11-5-6-14(20-4)12(16)9-11/h5-6,9-10,13H,7-8,17H2,1-4H3. The second-order valence-corrected chi connectivity index (χ2v) is 6.13. The van der Waals surface area contributed by atoms with Crippen LogP contribution in [0.25, 0.3) is 0 Å². The largest absolute Gasteiger partial charge is 0.496 e. The minimum atomic E-state index is -0.00990. The second kappa shape index (κ2) is 7.64. The van der Waals surface area contributed by atoms with Gasteiger partial charge in [0.05, 0.1) is 11.6 Å². The predicted octanol–water partition coefficient (Wildman–Crippen LogP) is 2.90. The van der Waals surface area contributed by atoms with Crippen LogP contribution < -0.4 is 10.5 Å². The van der Waals surface area contributed by atoms with Crippen LogP contribution in [0.3, 0.4) is 0 Å². The summed E-state index contributed by atoms with van der Waals surface area (Å²) in [7, 11) is 3.40. The molecule has 0 heterocycles. The summed E-state index contributed by atoms with van der Waals surface area (Å²) in [5.74, 6) is 1.13. The highest BCUT2D eigenvalue weighted by Gasteiger charge is 2.15. The molecule has 4 nitrogen and oxygen atoms in total. The molecule has 0 fully saturated rings. The molecule has 0 saturated heterocycles. The van der Waals surface area contributed by atoms with Gasteiger partial charge in [0, 0.05) is 25.2 Å². The third kappa shape index (κ3) is 4.49. The number of ether oxygens (including phenoxy) is 1. The van der Waals surface area contributed by atoms with E-state index in [9.17, 15) is 4.79 Å². The van der Waals surface area contributed by atoms with Gasteiger partial charge in [0.25, 0.3) is 5.91 Å². The topological polar surface area (TPSA) is 55.6 Å². The number of nitrogens with zero attached hydrogens (tertiary/aromatic N) is 1. The summed E-state index contributed by atoms with van der Waals surface area (Å²) in [6.07, 6.45) is 0.803. The van der Waals surface area contributed by atoms with Crippen LogP contribution in [0.2, 0.25) is 0 Å². The van der Waals surface area contributed by atoms with Gasteiger partial charge in [-0.05, 0) is 46.5 Å². The fourth-order valence-electron chi connectivity index (χ4n) is 1.80. The highest BCUT2D eigenvalue weighted by molar-refractivity contribution is 9.10. The Balaban J connectivity index is 2.67. The minimum absolute atomic E-state index is 0.00990. The molecule has 1 amide bonds. The van der Waals surface area contributed by atoms with Crippen LogP contribution in [0, 0.1) is 5.92 Å². The Morgan fingerprint density at radius 2 is 2.10 bits per heavy atom. The molecule has 0 spiro atoms. The second-order valence-electron chi connectivity index (χ2n) is 5.27. The number of halogens is 1. The summed E-state index contributed by atoms with van der Waals surface area (Å²) in [4.78, 5) is 14.0. The number of amides is 1. The first-order valence-electron chi connectivity index (χ1n) is 6.71. The van der Waals surface area contributed by atoms with Crippen molar-refractivity contribution in [3.63, 3.8) is 0 Å². The molecule has 0 bridgehead atoms. The zero-order valence-electron chi connectivity index (χ0n) is 12.5. The van der Waals surface area contributed by atoms with Crippen molar-refractivity contribution in [2.24, 2.45) is 11.7 Å². The normalized spacial score (nSPS) is 12.3. The maximum absolute atomic E-state index is 12.3. The van der Waals surface area contributed by atoms with Crippen LogP contribution in [-0.4, -0.2) is 37.6 Å². The summed E-state index contributed by atoms with van der Waals surface area (Å²) in [5.41, 5.74) is 6.64. The van der Waals surface area contributed by atoms with Gasteiger partial charge in [-0.2, -0.15) is 0 Å². The number of rotatable bonds is 6. The van der Waals surface area contributed by atoms with E-state index in [-0.39, 0.29) is 11.9 Å². The Morgan fingerprint density at radius 1 is 1.45 bits per heavy atom. The van der Waals surface area contributed by atoms with Crippen molar-refractivity contribution in [1.29, 1.82) is 0 Å². The first-order chi connectivity index (χ1) is 9.36. The van der Waals surface area contributed by atoms with E-state index in [0.29, 0.717) is 23.8 Å². The predicted molar refractivity (Wildman–Crippen MR) is 85.1 cm³/mol. The zero-order valence-corrected chi connectivity index (χ0v) is 14.1. The maximum atomic E-state index is 12.3. The van der Waals surface area contributed by atoms with E-state index in [0.717, 1.165) is 10.9 Å². The van der Waals surface area contributed by atoms with Crippen molar-refractivity contribution >= 4 is 21.8 Å². The van der Waals surface area contributed by atoms with Crippen molar-refractivity contribution in [3.05, 3.63) is 28.2 Å². The molecule has 0 radical (unpaired) electrons. The van der Waals surface area contributed by atoms with E-state index in [1.807, 2.05) is 0 Å². The quantitative estimate of drug-likeness (QED) is 0.864. The molecule has 112 valence electrons. The number of hydrogen-bond donors (Lipinski definition) is 1. The molecule has 1 atom stereocenters. The van der Waals surface area contributed by atoms with E-state index < -0.39 is 0 Å². The maximum Gasteiger partial charge on any atom is 0.253 e. The van der Waals surface area contributed by atoms with Gasteiger partial charge in [0.2, 0.25) is 0 Å². The molecule has 1 aromatic rings. The lowest BCUT2D eigenvalue weighted by Gasteiger charge is -2.21. The lowest BCUT2D eigenvalue weighted by atomic mass is 10.0. The zero-order chi connectivity index (χ0) is 15.3. The average molecular weight is 343 g/mol. The monoisotopic (exact) mass is 342 g/mol. The molecule has 0 saturated carbocycles. The van der Waals surface area contributed by atoms with Gasteiger partial charge in [-0.1, -0.05) is 13.8 Å². The Labute approximate surface area is 129 Å². The van der Waals surface area contributed by atoms with Crippen molar-refractivity contribution in [3.8, 4) is 5.75 Å². The molecule has 0 aliphatic heterocycles. The third-order valence-corrected chi connectivity index (χ3v) is 4.02. The van der Waals surface area contributed by atoms with Gasteiger partial charge in [0.15, 0.2) is 0 Å². The number of benzene rings is 1. The van der Waals surface area contributed by atoms with Crippen LogP contribution in [0.15, 0.2) is 22.7 Å². The summed E-state index contributed by atoms with van der Waals surface area (Å²) in [6, 6.07) is 5.45. The molecule has 1 rings (SSSR count). The van der Waals surface area contributed by atoms with Crippen LogP contribution in [0.1, 0.15) is 30.6 Å². The van der Waals surface area contributed by atoms with Gasteiger partial charge in [-0.15, -0.1) is 0 Å². The molecular weight excluding hydrogens is 320 g/mol. The number of methoxy groups -OCH3 is 1. The SMILES string of the molecule is COc1ccc(C(=O)N(C)CCC(N)C(C)C)cc1Br. The summed E-state index contributed by atoms with van der Waals surface area (Å²) >= 11 is 3.39. The van der Waals surface area contributed by atoms with Gasteiger partial charge in [0.1, 0.15) is 5.75 Å². The minimum Gasteiger partial charge on any atom is -0.496 e. The first kappa shape index (κ1) is 17.0. The van der Waals surface area contributed by atoms with E-state index >= 15 is 0 Å². The third-order valence-electron chi connectivity index (χ3n) is 3.40. The molecular formula is C15H23BrN2O2.